The minimum Gasteiger partial charge on any atom is -0.334 e. The first-order valence-corrected chi connectivity index (χ1v) is 7.17. The average Bonchev–Trinajstić information content (AvgIpc) is 3.22. The molecule has 0 radical (unpaired) electrons. The first kappa shape index (κ1) is 14.0. The highest BCUT2D eigenvalue weighted by molar-refractivity contribution is 5.37. The number of rotatable bonds is 8. The summed E-state index contributed by atoms with van der Waals surface area (Å²) in [4.78, 5) is 11.4. The molecule has 1 aliphatic rings. The van der Waals surface area contributed by atoms with E-state index in [-0.39, 0.29) is 0 Å². The van der Waals surface area contributed by atoms with Crippen LogP contribution in [0.2, 0.25) is 0 Å². The van der Waals surface area contributed by atoms with Gasteiger partial charge in [-0.2, -0.15) is 0 Å². The van der Waals surface area contributed by atoms with E-state index in [1.807, 2.05) is 12.3 Å². The van der Waals surface area contributed by atoms with Gasteiger partial charge in [0.25, 0.3) is 0 Å². The first-order chi connectivity index (χ1) is 9.26. The smallest absolute Gasteiger partial charge is 0.226 e. The highest BCUT2D eigenvalue weighted by Crippen LogP contribution is 2.29. The maximum atomic E-state index is 4.66. The van der Waals surface area contributed by atoms with Gasteiger partial charge in [-0.25, -0.2) is 9.97 Å². The summed E-state index contributed by atoms with van der Waals surface area (Å²) in [6, 6.07) is 0.612. The molecule has 1 saturated carbocycles. The number of hydrogen-bond acceptors (Lipinski definition) is 4. The van der Waals surface area contributed by atoms with Gasteiger partial charge >= 0.3 is 0 Å². The fraction of sp³-hybridized carbons (Fsp3) is 0.600. The summed E-state index contributed by atoms with van der Waals surface area (Å²) < 4.78 is 0. The van der Waals surface area contributed by atoms with E-state index in [0.29, 0.717) is 6.04 Å². The Kier molecular flexibility index (Phi) is 4.91. The van der Waals surface area contributed by atoms with Gasteiger partial charge in [0, 0.05) is 36.6 Å². The Hall–Kier alpha value is -1.42. The number of hydrogen-bond donors (Lipinski definition) is 1. The van der Waals surface area contributed by atoms with Crippen LogP contribution in [0.5, 0.6) is 0 Å². The van der Waals surface area contributed by atoms with E-state index in [2.05, 4.69) is 40.6 Å². The van der Waals surface area contributed by atoms with Crippen LogP contribution >= 0.6 is 0 Å². The summed E-state index contributed by atoms with van der Waals surface area (Å²) in [5.41, 5.74) is 2.26. The molecular formula is C15H24N4. The topological polar surface area (TPSA) is 41.1 Å². The molecule has 1 aliphatic carbocycles. The van der Waals surface area contributed by atoms with Gasteiger partial charge in [-0.05, 0) is 32.7 Å². The van der Waals surface area contributed by atoms with Crippen LogP contribution in [-0.2, 0) is 6.54 Å². The summed E-state index contributed by atoms with van der Waals surface area (Å²) in [6.07, 6.45) is 7.52. The third-order valence-corrected chi connectivity index (χ3v) is 3.38. The van der Waals surface area contributed by atoms with Gasteiger partial charge in [0.15, 0.2) is 0 Å². The van der Waals surface area contributed by atoms with Crippen molar-refractivity contribution < 1.29 is 0 Å². The summed E-state index contributed by atoms with van der Waals surface area (Å²) in [6.45, 7) is 10.8. The molecule has 0 bridgehead atoms. The fourth-order valence-corrected chi connectivity index (χ4v) is 2.11. The molecule has 1 aromatic rings. The number of aryl methyl sites for hydroxylation is 1. The largest absolute Gasteiger partial charge is 0.334 e. The lowest BCUT2D eigenvalue weighted by Crippen LogP contribution is -2.28. The van der Waals surface area contributed by atoms with Crippen LogP contribution in [0.15, 0.2) is 18.9 Å². The Morgan fingerprint density at radius 2 is 2.32 bits per heavy atom. The zero-order valence-corrected chi connectivity index (χ0v) is 12.0. The molecule has 1 fully saturated rings. The molecule has 19 heavy (non-hydrogen) atoms. The second-order valence-corrected chi connectivity index (χ2v) is 5.13. The Bertz CT molecular complexity index is 426. The molecule has 0 unspecified atom stereocenters. The van der Waals surface area contributed by atoms with Crippen molar-refractivity contribution in [1.29, 1.82) is 0 Å². The summed E-state index contributed by atoms with van der Waals surface area (Å²) in [5.74, 6) is 0.846. The number of anilines is 1. The third kappa shape index (κ3) is 3.77. The zero-order valence-electron chi connectivity index (χ0n) is 12.0. The third-order valence-electron chi connectivity index (χ3n) is 3.38. The fourth-order valence-electron chi connectivity index (χ4n) is 2.11. The molecule has 4 nitrogen and oxygen atoms in total. The molecule has 0 aliphatic heterocycles. The molecule has 1 aromatic heterocycles. The van der Waals surface area contributed by atoms with Crippen molar-refractivity contribution in [2.75, 3.05) is 18.0 Å². The molecule has 0 atom stereocenters. The van der Waals surface area contributed by atoms with Crippen LogP contribution in [0.3, 0.4) is 0 Å². The quantitative estimate of drug-likeness (QED) is 0.576. The summed E-state index contributed by atoms with van der Waals surface area (Å²) in [5, 5.41) is 3.39. The minimum absolute atomic E-state index is 0.612. The molecule has 104 valence electrons. The van der Waals surface area contributed by atoms with Crippen LogP contribution < -0.4 is 10.2 Å². The van der Waals surface area contributed by atoms with Gasteiger partial charge < -0.3 is 10.2 Å². The van der Waals surface area contributed by atoms with E-state index < -0.39 is 0 Å². The van der Waals surface area contributed by atoms with Gasteiger partial charge in [-0.1, -0.05) is 13.0 Å². The monoisotopic (exact) mass is 260 g/mol. The van der Waals surface area contributed by atoms with Crippen LogP contribution in [0.1, 0.15) is 37.4 Å². The zero-order chi connectivity index (χ0) is 13.7. The number of nitrogens with zero attached hydrogens (tertiary/aromatic N) is 3. The lowest BCUT2D eigenvalue weighted by molar-refractivity contribution is 0.667. The van der Waals surface area contributed by atoms with E-state index in [4.69, 9.17) is 0 Å². The Morgan fingerprint density at radius 3 is 2.89 bits per heavy atom. The molecule has 0 aromatic carbocycles. The molecule has 0 spiro atoms. The Balaban J connectivity index is 2.06. The van der Waals surface area contributed by atoms with Gasteiger partial charge in [-0.3, -0.25) is 0 Å². The van der Waals surface area contributed by atoms with E-state index in [0.717, 1.165) is 37.7 Å². The van der Waals surface area contributed by atoms with Gasteiger partial charge in [0.2, 0.25) is 5.95 Å². The van der Waals surface area contributed by atoms with Gasteiger partial charge in [0.1, 0.15) is 0 Å². The second-order valence-electron chi connectivity index (χ2n) is 5.13. The molecule has 1 N–H and O–H groups in total. The summed E-state index contributed by atoms with van der Waals surface area (Å²) in [7, 11) is 0. The molecule has 4 heteroatoms. The molecule has 2 rings (SSSR count). The molecule has 0 amide bonds. The number of aromatic nitrogens is 2. The molecule has 0 saturated heterocycles. The van der Waals surface area contributed by atoms with Crippen molar-refractivity contribution in [1.82, 2.24) is 15.3 Å². The van der Waals surface area contributed by atoms with Crippen molar-refractivity contribution >= 4 is 5.95 Å². The van der Waals surface area contributed by atoms with Crippen molar-refractivity contribution in [3.8, 4) is 0 Å². The van der Waals surface area contributed by atoms with Crippen LogP contribution in [0.4, 0.5) is 5.95 Å². The first-order valence-electron chi connectivity index (χ1n) is 7.17. The van der Waals surface area contributed by atoms with Crippen molar-refractivity contribution in [2.24, 2.45) is 0 Å². The SMILES string of the molecule is C=CCN(c1ncc(CNCCC)c(C)n1)C1CC1. The maximum Gasteiger partial charge on any atom is 0.226 e. The van der Waals surface area contributed by atoms with Crippen molar-refractivity contribution in [3.05, 3.63) is 30.1 Å². The second kappa shape index (κ2) is 6.66. The highest BCUT2D eigenvalue weighted by atomic mass is 15.3. The standard InChI is InChI=1S/C15H24N4/c1-4-8-16-10-13-11-17-15(18-12(13)3)19(9-5-2)14-6-7-14/h5,11,14,16H,2,4,6-10H2,1,3H3. The van der Waals surface area contributed by atoms with E-state index >= 15 is 0 Å². The summed E-state index contributed by atoms with van der Waals surface area (Å²) >= 11 is 0. The lowest BCUT2D eigenvalue weighted by atomic mass is 10.2. The minimum atomic E-state index is 0.612. The van der Waals surface area contributed by atoms with Crippen molar-refractivity contribution in [2.45, 2.75) is 45.7 Å². The predicted octanol–water partition coefficient (Wildman–Crippen LogP) is 2.44. The predicted molar refractivity (Wildman–Crippen MR) is 79.3 cm³/mol. The molecule has 1 heterocycles. The van der Waals surface area contributed by atoms with Crippen LogP contribution in [0.25, 0.3) is 0 Å². The molecular weight excluding hydrogens is 236 g/mol. The van der Waals surface area contributed by atoms with Gasteiger partial charge in [-0.15, -0.1) is 6.58 Å². The Morgan fingerprint density at radius 1 is 1.53 bits per heavy atom. The van der Waals surface area contributed by atoms with Gasteiger partial charge in [0.05, 0.1) is 0 Å². The van der Waals surface area contributed by atoms with E-state index in [1.165, 1.54) is 18.4 Å². The lowest BCUT2D eigenvalue weighted by Gasteiger charge is -2.21. The van der Waals surface area contributed by atoms with Crippen LogP contribution in [0, 0.1) is 6.92 Å². The maximum absolute atomic E-state index is 4.66. The normalized spacial score (nSPS) is 14.4. The van der Waals surface area contributed by atoms with Crippen LogP contribution in [-0.4, -0.2) is 29.1 Å². The van der Waals surface area contributed by atoms with E-state index in [9.17, 15) is 0 Å². The highest BCUT2D eigenvalue weighted by Gasteiger charge is 2.30. The Labute approximate surface area is 115 Å². The number of nitrogens with one attached hydrogen (secondary N) is 1. The van der Waals surface area contributed by atoms with Crippen molar-refractivity contribution in [3.63, 3.8) is 0 Å². The van der Waals surface area contributed by atoms with E-state index in [1.54, 1.807) is 0 Å². The average molecular weight is 260 g/mol.